The van der Waals surface area contributed by atoms with Crippen LogP contribution in [0.15, 0.2) is 0 Å². The summed E-state index contributed by atoms with van der Waals surface area (Å²) in [7, 11) is 0. The molecule has 0 spiro atoms. The normalized spacial score (nSPS) is 20.6. The Morgan fingerprint density at radius 3 is 2.57 bits per heavy atom. The van der Waals surface area contributed by atoms with Crippen LogP contribution in [0.25, 0.3) is 0 Å². The molecular weight excluding hydrogens is 178 g/mol. The molecule has 1 aliphatic carbocycles. The maximum atomic E-state index is 11.5. The molecule has 1 aliphatic rings. The molecule has 0 aromatic carbocycles. The third-order valence-corrected chi connectivity index (χ3v) is 2.95. The summed E-state index contributed by atoms with van der Waals surface area (Å²) in [5, 5.41) is 3.00. The van der Waals surface area contributed by atoms with Gasteiger partial charge in [-0.15, -0.1) is 0 Å². The Kier molecular flexibility index (Phi) is 4.11. The lowest BCUT2D eigenvalue weighted by molar-refractivity contribution is -0.127. The molecule has 0 aromatic heterocycles. The first kappa shape index (κ1) is 11.2. The minimum atomic E-state index is 0.0904. The van der Waals surface area contributed by atoms with Crippen molar-refractivity contribution in [2.45, 2.75) is 52.0 Å². The van der Waals surface area contributed by atoms with Crippen molar-refractivity contribution < 1.29 is 9.59 Å². The molecule has 0 aromatic rings. The third kappa shape index (κ3) is 3.13. The fourth-order valence-electron chi connectivity index (χ4n) is 1.61. The van der Waals surface area contributed by atoms with Crippen LogP contribution in [0.3, 0.4) is 0 Å². The Morgan fingerprint density at radius 2 is 2.07 bits per heavy atom. The average Bonchev–Trinajstić information content (AvgIpc) is 2.20. The molecule has 14 heavy (non-hydrogen) atoms. The lowest BCUT2D eigenvalue weighted by Crippen LogP contribution is -2.40. The highest BCUT2D eigenvalue weighted by Crippen LogP contribution is 2.15. The van der Waals surface area contributed by atoms with Crippen LogP contribution in [-0.2, 0) is 9.59 Å². The fourth-order valence-corrected chi connectivity index (χ4v) is 1.61. The highest BCUT2D eigenvalue weighted by Gasteiger charge is 2.21. The van der Waals surface area contributed by atoms with Crippen molar-refractivity contribution in [2.24, 2.45) is 5.92 Å². The van der Waals surface area contributed by atoms with E-state index < -0.39 is 0 Å². The third-order valence-electron chi connectivity index (χ3n) is 2.95. The second-order valence-corrected chi connectivity index (χ2v) is 4.13. The van der Waals surface area contributed by atoms with Crippen molar-refractivity contribution in [1.82, 2.24) is 5.32 Å². The van der Waals surface area contributed by atoms with Crippen LogP contribution in [-0.4, -0.2) is 17.7 Å². The van der Waals surface area contributed by atoms with Crippen molar-refractivity contribution in [3.05, 3.63) is 0 Å². The topological polar surface area (TPSA) is 46.2 Å². The molecule has 1 N–H and O–H groups in total. The largest absolute Gasteiger partial charge is 0.353 e. The summed E-state index contributed by atoms with van der Waals surface area (Å²) in [4.78, 5) is 22.5. The van der Waals surface area contributed by atoms with Crippen LogP contribution in [0.5, 0.6) is 0 Å². The second kappa shape index (κ2) is 5.13. The summed E-state index contributed by atoms with van der Waals surface area (Å²) in [6, 6.07) is 0.231. The maximum absolute atomic E-state index is 11.5. The zero-order valence-electron chi connectivity index (χ0n) is 9.01. The van der Waals surface area contributed by atoms with Crippen molar-refractivity contribution in [1.29, 1.82) is 0 Å². The van der Waals surface area contributed by atoms with Gasteiger partial charge >= 0.3 is 0 Å². The highest BCUT2D eigenvalue weighted by atomic mass is 16.2. The van der Waals surface area contributed by atoms with E-state index in [0.717, 1.165) is 19.3 Å². The number of hydrogen-bond donors (Lipinski definition) is 1. The summed E-state index contributed by atoms with van der Waals surface area (Å²) >= 11 is 0. The van der Waals surface area contributed by atoms with Crippen molar-refractivity contribution in [3.8, 4) is 0 Å². The standard InChI is InChI=1S/C11H19NO2/c1-3-8(2)11(14)12-9-4-6-10(13)7-5-9/h8-9H,3-7H2,1-2H3,(H,12,14)/t8-/m0/s1. The second-order valence-electron chi connectivity index (χ2n) is 4.13. The molecule has 1 amide bonds. The first-order chi connectivity index (χ1) is 6.63. The van der Waals surface area contributed by atoms with Gasteiger partial charge in [0.05, 0.1) is 0 Å². The van der Waals surface area contributed by atoms with E-state index in [0.29, 0.717) is 18.6 Å². The van der Waals surface area contributed by atoms with E-state index in [-0.39, 0.29) is 17.9 Å². The summed E-state index contributed by atoms with van der Waals surface area (Å²) < 4.78 is 0. The monoisotopic (exact) mass is 197 g/mol. The predicted molar refractivity (Wildman–Crippen MR) is 54.9 cm³/mol. The molecular formula is C11H19NO2. The zero-order valence-corrected chi connectivity index (χ0v) is 9.01. The molecule has 0 heterocycles. The van der Waals surface area contributed by atoms with E-state index in [1.165, 1.54) is 0 Å². The van der Waals surface area contributed by atoms with Gasteiger partial charge in [-0.25, -0.2) is 0 Å². The Hall–Kier alpha value is -0.860. The first-order valence-corrected chi connectivity index (χ1v) is 5.45. The van der Waals surface area contributed by atoms with Gasteiger partial charge < -0.3 is 5.32 Å². The zero-order chi connectivity index (χ0) is 10.6. The molecule has 0 unspecified atom stereocenters. The van der Waals surface area contributed by atoms with E-state index in [1.54, 1.807) is 0 Å². The van der Waals surface area contributed by atoms with Crippen molar-refractivity contribution in [2.75, 3.05) is 0 Å². The SMILES string of the molecule is CC[C@H](C)C(=O)NC1CCC(=O)CC1. The van der Waals surface area contributed by atoms with Crippen LogP contribution in [0, 0.1) is 5.92 Å². The number of carbonyl (C=O) groups is 2. The Balaban J connectivity index is 2.30. The number of ketones is 1. The van der Waals surface area contributed by atoms with Crippen molar-refractivity contribution >= 4 is 11.7 Å². The molecule has 3 nitrogen and oxygen atoms in total. The number of hydrogen-bond acceptors (Lipinski definition) is 2. The molecule has 0 bridgehead atoms. The molecule has 1 fully saturated rings. The van der Waals surface area contributed by atoms with Crippen LogP contribution in [0.4, 0.5) is 0 Å². The predicted octanol–water partition coefficient (Wildman–Crippen LogP) is 1.66. The Morgan fingerprint density at radius 1 is 1.50 bits per heavy atom. The quantitative estimate of drug-likeness (QED) is 0.748. The molecule has 0 saturated heterocycles. The molecule has 1 atom stereocenters. The van der Waals surface area contributed by atoms with E-state index >= 15 is 0 Å². The maximum Gasteiger partial charge on any atom is 0.223 e. The van der Waals surface area contributed by atoms with Gasteiger partial charge in [-0.1, -0.05) is 13.8 Å². The van der Waals surface area contributed by atoms with E-state index in [1.807, 2.05) is 13.8 Å². The van der Waals surface area contributed by atoms with Gasteiger partial charge in [0, 0.05) is 24.8 Å². The number of Topliss-reactive ketones (excluding diaryl/α,β-unsaturated/α-hetero) is 1. The van der Waals surface area contributed by atoms with E-state index in [4.69, 9.17) is 0 Å². The Labute approximate surface area is 85.3 Å². The van der Waals surface area contributed by atoms with Crippen LogP contribution >= 0.6 is 0 Å². The van der Waals surface area contributed by atoms with E-state index in [9.17, 15) is 9.59 Å². The number of rotatable bonds is 3. The van der Waals surface area contributed by atoms with Gasteiger partial charge in [-0.3, -0.25) is 9.59 Å². The number of carbonyl (C=O) groups excluding carboxylic acids is 2. The fraction of sp³-hybridized carbons (Fsp3) is 0.818. The van der Waals surface area contributed by atoms with Crippen LogP contribution < -0.4 is 5.32 Å². The summed E-state index contributed by atoms with van der Waals surface area (Å²) in [6.45, 7) is 3.94. The van der Waals surface area contributed by atoms with Gasteiger partial charge in [-0.2, -0.15) is 0 Å². The Bertz CT molecular complexity index is 215. The lowest BCUT2D eigenvalue weighted by atomic mass is 9.94. The summed E-state index contributed by atoms with van der Waals surface area (Å²) in [5.74, 6) is 0.554. The number of amides is 1. The summed E-state index contributed by atoms with van der Waals surface area (Å²) in [6.07, 6.45) is 3.77. The highest BCUT2D eigenvalue weighted by molar-refractivity contribution is 5.81. The lowest BCUT2D eigenvalue weighted by Gasteiger charge is -2.23. The van der Waals surface area contributed by atoms with Gasteiger partial charge in [0.25, 0.3) is 0 Å². The van der Waals surface area contributed by atoms with E-state index in [2.05, 4.69) is 5.32 Å². The molecule has 80 valence electrons. The molecule has 1 saturated carbocycles. The van der Waals surface area contributed by atoms with Gasteiger partial charge in [0.2, 0.25) is 5.91 Å². The van der Waals surface area contributed by atoms with Gasteiger partial charge in [0.15, 0.2) is 0 Å². The van der Waals surface area contributed by atoms with Gasteiger partial charge in [-0.05, 0) is 19.3 Å². The molecule has 0 aliphatic heterocycles. The smallest absolute Gasteiger partial charge is 0.223 e. The minimum Gasteiger partial charge on any atom is -0.353 e. The number of nitrogens with one attached hydrogen (secondary N) is 1. The first-order valence-electron chi connectivity index (χ1n) is 5.45. The average molecular weight is 197 g/mol. The van der Waals surface area contributed by atoms with Gasteiger partial charge in [0.1, 0.15) is 5.78 Å². The molecule has 1 rings (SSSR count). The molecule has 3 heteroatoms. The summed E-state index contributed by atoms with van der Waals surface area (Å²) in [5.41, 5.74) is 0. The molecule has 0 radical (unpaired) electrons. The van der Waals surface area contributed by atoms with Crippen LogP contribution in [0.2, 0.25) is 0 Å². The van der Waals surface area contributed by atoms with Crippen LogP contribution in [0.1, 0.15) is 46.0 Å². The minimum absolute atomic E-state index is 0.0904. The van der Waals surface area contributed by atoms with Crippen molar-refractivity contribution in [3.63, 3.8) is 0 Å².